The zero-order valence-electron chi connectivity index (χ0n) is 7.31. The van der Waals surface area contributed by atoms with Gasteiger partial charge in [-0.05, 0) is 31.1 Å². The second kappa shape index (κ2) is 3.10. The lowest BCUT2D eigenvalue weighted by Gasteiger charge is -2.37. The first kappa shape index (κ1) is 8.98. The van der Waals surface area contributed by atoms with Crippen molar-refractivity contribution in [2.75, 3.05) is 6.67 Å². The van der Waals surface area contributed by atoms with E-state index >= 15 is 0 Å². The molecule has 0 aromatic rings. The molecule has 0 spiro atoms. The molecule has 3 unspecified atom stereocenters. The lowest BCUT2D eigenvalue weighted by atomic mass is 9.74. The standard InChI is InChI=1S/C9H17FO/c1-7-3-4-9(11,6-10)5-8(7)2/h7-8,11H,3-6H2,1-2H3. The highest BCUT2D eigenvalue weighted by Gasteiger charge is 2.35. The van der Waals surface area contributed by atoms with Gasteiger partial charge in [0.1, 0.15) is 6.67 Å². The summed E-state index contributed by atoms with van der Waals surface area (Å²) in [5, 5.41) is 9.59. The molecule has 1 aliphatic carbocycles. The molecule has 0 bridgehead atoms. The highest BCUT2D eigenvalue weighted by Crippen LogP contribution is 2.36. The van der Waals surface area contributed by atoms with Crippen molar-refractivity contribution in [3.8, 4) is 0 Å². The molecule has 1 saturated carbocycles. The maximum atomic E-state index is 12.3. The average molecular weight is 160 g/mol. The largest absolute Gasteiger partial charge is 0.387 e. The van der Waals surface area contributed by atoms with Crippen LogP contribution in [0.1, 0.15) is 33.1 Å². The van der Waals surface area contributed by atoms with Crippen LogP contribution in [0.4, 0.5) is 4.39 Å². The van der Waals surface area contributed by atoms with Crippen molar-refractivity contribution in [2.24, 2.45) is 11.8 Å². The van der Waals surface area contributed by atoms with Gasteiger partial charge in [-0.2, -0.15) is 0 Å². The maximum Gasteiger partial charge on any atom is 0.118 e. The summed E-state index contributed by atoms with van der Waals surface area (Å²) in [5.41, 5.74) is -0.994. The summed E-state index contributed by atoms with van der Waals surface area (Å²) >= 11 is 0. The molecule has 0 heterocycles. The fourth-order valence-corrected chi connectivity index (χ4v) is 1.80. The van der Waals surface area contributed by atoms with Crippen LogP contribution in [0.15, 0.2) is 0 Å². The molecule has 1 fully saturated rings. The summed E-state index contributed by atoms with van der Waals surface area (Å²) in [7, 11) is 0. The molecule has 11 heavy (non-hydrogen) atoms. The van der Waals surface area contributed by atoms with Crippen LogP contribution in [0, 0.1) is 11.8 Å². The van der Waals surface area contributed by atoms with Crippen LogP contribution < -0.4 is 0 Å². The van der Waals surface area contributed by atoms with E-state index in [1.54, 1.807) is 0 Å². The van der Waals surface area contributed by atoms with Gasteiger partial charge >= 0.3 is 0 Å². The van der Waals surface area contributed by atoms with E-state index in [4.69, 9.17) is 0 Å². The summed E-state index contributed by atoms with van der Waals surface area (Å²) in [5.74, 6) is 1.10. The fraction of sp³-hybridized carbons (Fsp3) is 1.00. The Hall–Kier alpha value is -0.110. The van der Waals surface area contributed by atoms with Crippen LogP contribution >= 0.6 is 0 Å². The van der Waals surface area contributed by atoms with Crippen LogP contribution in [0.5, 0.6) is 0 Å². The highest BCUT2D eigenvalue weighted by molar-refractivity contribution is 4.86. The number of alkyl halides is 1. The lowest BCUT2D eigenvalue weighted by Crippen LogP contribution is -2.39. The Morgan fingerprint density at radius 2 is 2.09 bits per heavy atom. The van der Waals surface area contributed by atoms with Gasteiger partial charge in [0.2, 0.25) is 0 Å². The fourth-order valence-electron chi connectivity index (χ4n) is 1.80. The van der Waals surface area contributed by atoms with Crippen molar-refractivity contribution in [2.45, 2.75) is 38.7 Å². The average Bonchev–Trinajstić information content (AvgIpc) is 1.98. The van der Waals surface area contributed by atoms with Crippen molar-refractivity contribution in [1.82, 2.24) is 0 Å². The number of rotatable bonds is 1. The van der Waals surface area contributed by atoms with Crippen molar-refractivity contribution >= 4 is 0 Å². The van der Waals surface area contributed by atoms with Crippen LogP contribution in [0.25, 0.3) is 0 Å². The molecule has 0 radical (unpaired) electrons. The third kappa shape index (κ3) is 1.92. The predicted molar refractivity (Wildman–Crippen MR) is 43.1 cm³/mol. The molecule has 3 atom stereocenters. The lowest BCUT2D eigenvalue weighted by molar-refractivity contribution is -0.0454. The monoisotopic (exact) mass is 160 g/mol. The molecule has 1 nitrogen and oxygen atoms in total. The Labute approximate surface area is 67.6 Å². The normalized spacial score (nSPS) is 45.8. The van der Waals surface area contributed by atoms with Crippen LogP contribution in [-0.2, 0) is 0 Å². The van der Waals surface area contributed by atoms with Crippen LogP contribution in [-0.4, -0.2) is 17.4 Å². The Balaban J connectivity index is 2.51. The first-order chi connectivity index (χ1) is 5.07. The molecule has 2 heteroatoms. The Morgan fingerprint density at radius 1 is 1.45 bits per heavy atom. The molecular weight excluding hydrogens is 143 g/mol. The summed E-state index contributed by atoms with van der Waals surface area (Å²) in [6.07, 6.45) is 2.22. The molecule has 1 rings (SSSR count). The zero-order chi connectivity index (χ0) is 8.48. The number of halogens is 1. The molecule has 0 amide bonds. The quantitative estimate of drug-likeness (QED) is 0.623. The second-order valence-corrected chi connectivity index (χ2v) is 4.06. The SMILES string of the molecule is CC1CCC(O)(CF)CC1C. The van der Waals surface area contributed by atoms with Crippen molar-refractivity contribution in [3.05, 3.63) is 0 Å². The molecule has 1 N–H and O–H groups in total. The summed E-state index contributed by atoms with van der Waals surface area (Å²) in [6, 6.07) is 0. The summed E-state index contributed by atoms with van der Waals surface area (Å²) in [6.45, 7) is 3.68. The van der Waals surface area contributed by atoms with Crippen molar-refractivity contribution in [1.29, 1.82) is 0 Å². The van der Waals surface area contributed by atoms with E-state index in [2.05, 4.69) is 13.8 Å². The van der Waals surface area contributed by atoms with Gasteiger partial charge in [-0.3, -0.25) is 0 Å². The molecule has 0 saturated heterocycles. The molecule has 0 aliphatic heterocycles. The van der Waals surface area contributed by atoms with Crippen LogP contribution in [0.3, 0.4) is 0 Å². The number of aliphatic hydroxyl groups is 1. The topological polar surface area (TPSA) is 20.2 Å². The smallest absolute Gasteiger partial charge is 0.118 e. The molecular formula is C9H17FO. The minimum Gasteiger partial charge on any atom is -0.387 e. The molecule has 0 aromatic carbocycles. The van der Waals surface area contributed by atoms with Gasteiger partial charge in [0.05, 0.1) is 5.60 Å². The van der Waals surface area contributed by atoms with Crippen LogP contribution in [0.2, 0.25) is 0 Å². The van der Waals surface area contributed by atoms with Crippen molar-refractivity contribution < 1.29 is 9.50 Å². The molecule has 0 aromatic heterocycles. The van der Waals surface area contributed by atoms with Gasteiger partial charge in [-0.1, -0.05) is 13.8 Å². The van der Waals surface area contributed by atoms with E-state index in [1.807, 2.05) is 0 Å². The minimum absolute atomic E-state index is 0.462. The van der Waals surface area contributed by atoms with Gasteiger partial charge in [-0.15, -0.1) is 0 Å². The summed E-state index contributed by atoms with van der Waals surface area (Å²) in [4.78, 5) is 0. The maximum absolute atomic E-state index is 12.3. The Morgan fingerprint density at radius 3 is 2.55 bits per heavy atom. The van der Waals surface area contributed by atoms with Gasteiger partial charge < -0.3 is 5.11 Å². The third-order valence-corrected chi connectivity index (χ3v) is 2.99. The number of hydrogen-bond donors (Lipinski definition) is 1. The minimum atomic E-state index is -0.994. The van der Waals surface area contributed by atoms with E-state index < -0.39 is 12.3 Å². The van der Waals surface area contributed by atoms with E-state index in [9.17, 15) is 9.50 Å². The van der Waals surface area contributed by atoms with Gasteiger partial charge in [0.25, 0.3) is 0 Å². The highest BCUT2D eigenvalue weighted by atomic mass is 19.1. The Bertz CT molecular complexity index is 138. The predicted octanol–water partition coefficient (Wildman–Crippen LogP) is 2.14. The van der Waals surface area contributed by atoms with E-state index in [0.717, 1.165) is 6.42 Å². The van der Waals surface area contributed by atoms with Gasteiger partial charge in [0, 0.05) is 0 Å². The first-order valence-electron chi connectivity index (χ1n) is 4.36. The van der Waals surface area contributed by atoms with Gasteiger partial charge in [-0.25, -0.2) is 4.39 Å². The number of hydrogen-bond acceptors (Lipinski definition) is 1. The first-order valence-corrected chi connectivity index (χ1v) is 4.36. The van der Waals surface area contributed by atoms with E-state index in [1.165, 1.54) is 0 Å². The molecule has 1 aliphatic rings. The summed E-state index contributed by atoms with van der Waals surface area (Å²) < 4.78 is 12.3. The van der Waals surface area contributed by atoms with E-state index in [0.29, 0.717) is 24.7 Å². The zero-order valence-corrected chi connectivity index (χ0v) is 7.31. The van der Waals surface area contributed by atoms with E-state index in [-0.39, 0.29) is 0 Å². The van der Waals surface area contributed by atoms with Crippen molar-refractivity contribution in [3.63, 3.8) is 0 Å². The second-order valence-electron chi connectivity index (χ2n) is 4.06. The third-order valence-electron chi connectivity index (χ3n) is 2.99. The molecule has 66 valence electrons. The Kier molecular flexibility index (Phi) is 2.53. The van der Waals surface area contributed by atoms with Gasteiger partial charge in [0.15, 0.2) is 0 Å².